The van der Waals surface area contributed by atoms with E-state index in [-0.39, 0.29) is 17.4 Å². The Morgan fingerprint density at radius 3 is 2.52 bits per heavy atom. The molecule has 0 amide bonds. The van der Waals surface area contributed by atoms with Gasteiger partial charge < -0.3 is 14.8 Å². The van der Waals surface area contributed by atoms with E-state index >= 15 is 0 Å². The maximum absolute atomic E-state index is 13.4. The molecule has 3 aromatic rings. The Hall–Kier alpha value is -2.42. The molecule has 144 valence electrons. The zero-order valence-corrected chi connectivity index (χ0v) is 15.0. The summed E-state index contributed by atoms with van der Waals surface area (Å²) in [5.74, 6) is -0.238. The molecule has 0 bridgehead atoms. The van der Waals surface area contributed by atoms with Gasteiger partial charge in [-0.2, -0.15) is 18.2 Å². The van der Waals surface area contributed by atoms with Gasteiger partial charge in [-0.25, -0.2) is 4.98 Å². The second-order valence-electron chi connectivity index (χ2n) is 7.39. The average molecular weight is 379 g/mol. The largest absolute Gasteiger partial charge is 0.449 e. The molecule has 0 atom stereocenters. The smallest absolute Gasteiger partial charge is 0.334 e. The SMILES string of the molecule is CC(C)n1c(C(F)(F)F)nc2cc(-c3nc(C4(N)CCCC4)no3)ccc21. The van der Waals surface area contributed by atoms with Crippen molar-refractivity contribution in [3.05, 3.63) is 29.8 Å². The predicted molar refractivity (Wildman–Crippen MR) is 92.7 cm³/mol. The van der Waals surface area contributed by atoms with Crippen molar-refractivity contribution in [2.45, 2.75) is 57.3 Å². The van der Waals surface area contributed by atoms with Gasteiger partial charge in [-0.3, -0.25) is 0 Å². The maximum Gasteiger partial charge on any atom is 0.449 e. The quantitative estimate of drug-likeness (QED) is 0.729. The number of hydrogen-bond acceptors (Lipinski definition) is 5. The van der Waals surface area contributed by atoms with E-state index in [1.165, 1.54) is 4.57 Å². The van der Waals surface area contributed by atoms with Gasteiger partial charge in [0.1, 0.15) is 0 Å². The molecule has 1 aliphatic rings. The van der Waals surface area contributed by atoms with Crippen LogP contribution in [-0.4, -0.2) is 19.7 Å². The van der Waals surface area contributed by atoms with E-state index in [0.717, 1.165) is 25.7 Å². The first kappa shape index (κ1) is 18.0. The molecule has 9 heteroatoms. The molecule has 27 heavy (non-hydrogen) atoms. The third-order valence-corrected chi connectivity index (χ3v) is 5.07. The van der Waals surface area contributed by atoms with Crippen LogP contribution in [-0.2, 0) is 11.7 Å². The van der Waals surface area contributed by atoms with Crippen molar-refractivity contribution < 1.29 is 17.7 Å². The fourth-order valence-electron chi connectivity index (χ4n) is 3.73. The van der Waals surface area contributed by atoms with Crippen LogP contribution < -0.4 is 5.73 Å². The Bertz CT molecular complexity index is 983. The van der Waals surface area contributed by atoms with Crippen molar-refractivity contribution in [1.29, 1.82) is 0 Å². The molecule has 1 fully saturated rings. The molecule has 2 N–H and O–H groups in total. The van der Waals surface area contributed by atoms with Crippen molar-refractivity contribution >= 4 is 11.0 Å². The molecule has 0 spiro atoms. The summed E-state index contributed by atoms with van der Waals surface area (Å²) in [5.41, 5.74) is 6.91. The summed E-state index contributed by atoms with van der Waals surface area (Å²) in [6.45, 7) is 3.38. The lowest BCUT2D eigenvalue weighted by Gasteiger charge is -2.17. The van der Waals surface area contributed by atoms with Crippen LogP contribution in [0.4, 0.5) is 13.2 Å². The van der Waals surface area contributed by atoms with Gasteiger partial charge in [-0.1, -0.05) is 18.0 Å². The van der Waals surface area contributed by atoms with Crippen molar-refractivity contribution in [1.82, 2.24) is 19.7 Å². The number of hydrogen-bond donors (Lipinski definition) is 1. The van der Waals surface area contributed by atoms with Gasteiger partial charge in [0.25, 0.3) is 5.89 Å². The van der Waals surface area contributed by atoms with Gasteiger partial charge in [0.15, 0.2) is 5.82 Å². The van der Waals surface area contributed by atoms with Crippen molar-refractivity contribution in [2.75, 3.05) is 0 Å². The van der Waals surface area contributed by atoms with Gasteiger partial charge in [0.05, 0.1) is 16.6 Å². The highest BCUT2D eigenvalue weighted by molar-refractivity contribution is 5.81. The molecule has 0 saturated heterocycles. The van der Waals surface area contributed by atoms with Crippen LogP contribution in [0.2, 0.25) is 0 Å². The summed E-state index contributed by atoms with van der Waals surface area (Å²) >= 11 is 0. The van der Waals surface area contributed by atoms with Crippen molar-refractivity contribution in [3.8, 4) is 11.5 Å². The zero-order chi connectivity index (χ0) is 19.4. The molecule has 6 nitrogen and oxygen atoms in total. The lowest BCUT2D eigenvalue weighted by Crippen LogP contribution is -2.34. The molecule has 0 radical (unpaired) electrons. The first-order valence-electron chi connectivity index (χ1n) is 8.92. The van der Waals surface area contributed by atoms with Crippen LogP contribution in [0.1, 0.15) is 57.2 Å². The number of nitrogens with zero attached hydrogens (tertiary/aromatic N) is 4. The summed E-state index contributed by atoms with van der Waals surface area (Å²) in [6, 6.07) is 4.42. The van der Waals surface area contributed by atoms with Crippen molar-refractivity contribution in [3.63, 3.8) is 0 Å². The number of benzene rings is 1. The molecule has 1 aromatic carbocycles. The number of fused-ring (bicyclic) bond motifs is 1. The van der Waals surface area contributed by atoms with Gasteiger partial charge >= 0.3 is 6.18 Å². The molecule has 1 saturated carbocycles. The molecule has 0 aliphatic heterocycles. The molecule has 4 rings (SSSR count). The Balaban J connectivity index is 1.77. The Labute approximate surface area is 153 Å². The average Bonchev–Trinajstić information content (AvgIpc) is 3.31. The zero-order valence-electron chi connectivity index (χ0n) is 15.0. The van der Waals surface area contributed by atoms with Gasteiger partial charge in [0.2, 0.25) is 5.82 Å². The molecule has 1 aliphatic carbocycles. The van der Waals surface area contributed by atoms with Crippen LogP contribution in [0.15, 0.2) is 22.7 Å². The van der Waals surface area contributed by atoms with E-state index in [0.29, 0.717) is 16.9 Å². The maximum atomic E-state index is 13.4. The van der Waals surface area contributed by atoms with Gasteiger partial charge in [-0.05, 0) is 44.9 Å². The highest BCUT2D eigenvalue weighted by Gasteiger charge is 2.39. The first-order chi connectivity index (χ1) is 12.7. The lowest BCUT2D eigenvalue weighted by molar-refractivity contribution is -0.147. The van der Waals surface area contributed by atoms with E-state index in [1.807, 2.05) is 0 Å². The van der Waals surface area contributed by atoms with E-state index in [4.69, 9.17) is 10.3 Å². The summed E-state index contributed by atoms with van der Waals surface area (Å²) in [7, 11) is 0. The summed E-state index contributed by atoms with van der Waals surface area (Å²) < 4.78 is 46.6. The monoisotopic (exact) mass is 379 g/mol. The number of nitrogens with two attached hydrogens (primary N) is 1. The molecule has 2 aromatic heterocycles. The number of halogens is 3. The third kappa shape index (κ3) is 2.99. The number of aromatic nitrogens is 4. The summed E-state index contributed by atoms with van der Waals surface area (Å²) in [4.78, 5) is 8.21. The Morgan fingerprint density at radius 2 is 1.89 bits per heavy atom. The molecule has 2 heterocycles. The van der Waals surface area contributed by atoms with Crippen LogP contribution in [0, 0.1) is 0 Å². The second-order valence-corrected chi connectivity index (χ2v) is 7.39. The van der Waals surface area contributed by atoms with E-state index in [1.54, 1.807) is 32.0 Å². The minimum Gasteiger partial charge on any atom is -0.334 e. The fraction of sp³-hybridized carbons (Fsp3) is 0.500. The van der Waals surface area contributed by atoms with Gasteiger partial charge in [-0.15, -0.1) is 0 Å². The van der Waals surface area contributed by atoms with E-state index < -0.39 is 17.5 Å². The fourth-order valence-corrected chi connectivity index (χ4v) is 3.73. The third-order valence-electron chi connectivity index (χ3n) is 5.07. The number of imidazole rings is 1. The highest BCUT2D eigenvalue weighted by atomic mass is 19.4. The Kier molecular flexibility index (Phi) is 4.03. The molecular formula is C18H20F3N5O. The minimum atomic E-state index is -4.53. The first-order valence-corrected chi connectivity index (χ1v) is 8.92. The second kappa shape index (κ2) is 6.05. The van der Waals surface area contributed by atoms with Crippen LogP contribution >= 0.6 is 0 Å². The minimum absolute atomic E-state index is 0.233. The summed E-state index contributed by atoms with van der Waals surface area (Å²) in [5, 5.41) is 4.00. The van der Waals surface area contributed by atoms with E-state index in [9.17, 15) is 13.2 Å². The predicted octanol–water partition coefficient (Wildman–Crippen LogP) is 4.41. The summed E-state index contributed by atoms with van der Waals surface area (Å²) in [6.07, 6.45) is -0.925. The molecular weight excluding hydrogens is 359 g/mol. The number of rotatable bonds is 3. The number of alkyl halides is 3. The van der Waals surface area contributed by atoms with Crippen LogP contribution in [0.25, 0.3) is 22.5 Å². The van der Waals surface area contributed by atoms with Crippen LogP contribution in [0.5, 0.6) is 0 Å². The Morgan fingerprint density at radius 1 is 1.19 bits per heavy atom. The topological polar surface area (TPSA) is 82.8 Å². The van der Waals surface area contributed by atoms with Gasteiger partial charge in [0, 0.05) is 11.6 Å². The van der Waals surface area contributed by atoms with Crippen LogP contribution in [0.3, 0.4) is 0 Å². The standard InChI is InChI=1S/C18H20F3N5O/c1-10(2)26-13-6-5-11(9-12(13)23-16(26)18(19,20)21)14-24-15(25-27-14)17(22)7-3-4-8-17/h5-6,9-10H,3-4,7-8,22H2,1-2H3. The van der Waals surface area contributed by atoms with Crippen molar-refractivity contribution in [2.24, 2.45) is 5.73 Å². The highest BCUT2D eigenvalue weighted by Crippen LogP contribution is 2.37. The normalized spacial score (nSPS) is 17.3. The van der Waals surface area contributed by atoms with E-state index in [2.05, 4.69) is 15.1 Å². The lowest BCUT2D eigenvalue weighted by atomic mass is 9.99. The molecule has 0 unspecified atom stereocenters.